The highest BCUT2D eigenvalue weighted by molar-refractivity contribution is 6.04. The molecule has 27 heavy (non-hydrogen) atoms. The zero-order valence-electron chi connectivity index (χ0n) is 15.7. The van der Waals surface area contributed by atoms with E-state index in [0.29, 0.717) is 11.4 Å². The van der Waals surface area contributed by atoms with Crippen LogP contribution < -0.4 is 15.4 Å². The van der Waals surface area contributed by atoms with Crippen molar-refractivity contribution in [3.05, 3.63) is 78.0 Å². The predicted octanol–water partition coefficient (Wildman–Crippen LogP) is 5.17. The van der Waals surface area contributed by atoms with Gasteiger partial charge < -0.3 is 15.4 Å². The lowest BCUT2D eigenvalue weighted by Gasteiger charge is -2.15. The van der Waals surface area contributed by atoms with Gasteiger partial charge in [0.2, 0.25) is 0 Å². The molecule has 0 saturated carbocycles. The third-order valence-electron chi connectivity index (χ3n) is 3.85. The lowest BCUT2D eigenvalue weighted by atomic mass is 10.2. The van der Waals surface area contributed by atoms with Gasteiger partial charge in [-0.15, -0.1) is 0 Å². The van der Waals surface area contributed by atoms with Crippen molar-refractivity contribution in [1.82, 2.24) is 4.98 Å². The molecule has 0 saturated heterocycles. The monoisotopic (exact) mass is 361 g/mol. The highest BCUT2D eigenvalue weighted by atomic mass is 16.5. The molecule has 5 heteroatoms. The van der Waals surface area contributed by atoms with Crippen molar-refractivity contribution in [3.63, 3.8) is 0 Å². The summed E-state index contributed by atoms with van der Waals surface area (Å²) in [6.45, 7) is 5.97. The van der Waals surface area contributed by atoms with E-state index in [9.17, 15) is 4.79 Å². The summed E-state index contributed by atoms with van der Waals surface area (Å²) in [4.78, 5) is 16.7. The summed E-state index contributed by atoms with van der Waals surface area (Å²) in [7, 11) is 0. The van der Waals surface area contributed by atoms with Gasteiger partial charge in [-0.1, -0.05) is 29.8 Å². The number of ether oxygens (including phenoxy) is 1. The Bertz CT molecular complexity index is 904. The molecular formula is C22H23N3O2. The molecule has 0 aliphatic carbocycles. The molecule has 0 unspecified atom stereocenters. The van der Waals surface area contributed by atoms with E-state index in [1.807, 2.05) is 69.3 Å². The van der Waals surface area contributed by atoms with Gasteiger partial charge in [0, 0.05) is 11.9 Å². The van der Waals surface area contributed by atoms with Crippen molar-refractivity contribution in [2.24, 2.45) is 0 Å². The van der Waals surface area contributed by atoms with Crippen molar-refractivity contribution in [3.8, 4) is 5.75 Å². The highest BCUT2D eigenvalue weighted by Gasteiger charge is 2.09. The van der Waals surface area contributed by atoms with Crippen LogP contribution in [-0.4, -0.2) is 17.0 Å². The molecule has 138 valence electrons. The standard InChI is InChI=1S/C22H23N3O2/c1-15(2)27-20-7-5-4-6-19(20)25-21-13-10-17(14-23-21)22(26)24-18-11-8-16(3)9-12-18/h4-15H,1-3H3,(H,23,25)(H,24,26). The number of rotatable bonds is 6. The van der Waals surface area contributed by atoms with Gasteiger partial charge >= 0.3 is 0 Å². The van der Waals surface area contributed by atoms with E-state index < -0.39 is 0 Å². The van der Waals surface area contributed by atoms with Gasteiger partial charge in [-0.3, -0.25) is 4.79 Å². The van der Waals surface area contributed by atoms with Gasteiger partial charge in [0.15, 0.2) is 0 Å². The van der Waals surface area contributed by atoms with Gasteiger partial charge in [0.25, 0.3) is 5.91 Å². The van der Waals surface area contributed by atoms with Crippen LogP contribution in [-0.2, 0) is 0 Å². The van der Waals surface area contributed by atoms with Crippen LogP contribution in [0.25, 0.3) is 0 Å². The molecule has 0 spiro atoms. The number of nitrogens with one attached hydrogen (secondary N) is 2. The Morgan fingerprint density at radius 1 is 1.00 bits per heavy atom. The number of anilines is 3. The highest BCUT2D eigenvalue weighted by Crippen LogP contribution is 2.27. The summed E-state index contributed by atoms with van der Waals surface area (Å²) in [6, 6.07) is 18.9. The minimum Gasteiger partial charge on any atom is -0.489 e. The Morgan fingerprint density at radius 3 is 2.41 bits per heavy atom. The summed E-state index contributed by atoms with van der Waals surface area (Å²) >= 11 is 0. The van der Waals surface area contributed by atoms with Crippen molar-refractivity contribution in [2.45, 2.75) is 26.9 Å². The minimum atomic E-state index is -0.193. The first-order valence-electron chi connectivity index (χ1n) is 8.88. The third kappa shape index (κ3) is 5.07. The van der Waals surface area contributed by atoms with Gasteiger partial charge in [-0.05, 0) is 57.2 Å². The lowest BCUT2D eigenvalue weighted by Crippen LogP contribution is -2.12. The molecule has 2 aromatic carbocycles. The van der Waals surface area contributed by atoms with Crippen LogP contribution in [0.3, 0.4) is 0 Å². The Labute approximate surface area is 159 Å². The number of carbonyl (C=O) groups excluding carboxylic acids is 1. The summed E-state index contributed by atoms with van der Waals surface area (Å²) in [5.41, 5.74) is 3.22. The van der Waals surface area contributed by atoms with E-state index >= 15 is 0 Å². The van der Waals surface area contributed by atoms with Gasteiger partial charge in [0.05, 0.1) is 17.4 Å². The average Bonchev–Trinajstić information content (AvgIpc) is 2.65. The van der Waals surface area contributed by atoms with Gasteiger partial charge in [-0.25, -0.2) is 4.98 Å². The predicted molar refractivity (Wildman–Crippen MR) is 109 cm³/mol. The molecular weight excluding hydrogens is 338 g/mol. The van der Waals surface area contributed by atoms with E-state index in [-0.39, 0.29) is 12.0 Å². The van der Waals surface area contributed by atoms with Crippen molar-refractivity contribution < 1.29 is 9.53 Å². The molecule has 1 aromatic heterocycles. The summed E-state index contributed by atoms with van der Waals surface area (Å²) in [6.07, 6.45) is 1.63. The second kappa shape index (κ2) is 8.36. The van der Waals surface area contributed by atoms with Crippen molar-refractivity contribution in [1.29, 1.82) is 0 Å². The number of hydrogen-bond donors (Lipinski definition) is 2. The molecule has 2 N–H and O–H groups in total. The zero-order chi connectivity index (χ0) is 19.2. The smallest absolute Gasteiger partial charge is 0.257 e. The first-order valence-corrected chi connectivity index (χ1v) is 8.88. The van der Waals surface area contributed by atoms with E-state index in [1.165, 1.54) is 0 Å². The first-order chi connectivity index (χ1) is 13.0. The number of aryl methyl sites for hydroxylation is 1. The van der Waals surface area contributed by atoms with Crippen molar-refractivity contribution >= 4 is 23.1 Å². The topological polar surface area (TPSA) is 63.2 Å². The number of benzene rings is 2. The number of hydrogen-bond acceptors (Lipinski definition) is 4. The van der Waals surface area contributed by atoms with E-state index in [0.717, 1.165) is 22.7 Å². The fourth-order valence-corrected chi connectivity index (χ4v) is 2.51. The maximum Gasteiger partial charge on any atom is 0.257 e. The van der Waals surface area contributed by atoms with E-state index in [4.69, 9.17) is 4.74 Å². The summed E-state index contributed by atoms with van der Waals surface area (Å²) in [5.74, 6) is 1.21. The maximum absolute atomic E-state index is 12.4. The molecule has 5 nitrogen and oxygen atoms in total. The molecule has 3 rings (SSSR count). The Morgan fingerprint density at radius 2 is 1.74 bits per heavy atom. The maximum atomic E-state index is 12.4. The second-order valence-electron chi connectivity index (χ2n) is 6.54. The van der Waals surface area contributed by atoms with Crippen LogP contribution in [0.1, 0.15) is 29.8 Å². The first kappa shape index (κ1) is 18.5. The molecule has 1 amide bonds. The molecule has 1 heterocycles. The van der Waals surface area contributed by atoms with E-state index in [2.05, 4.69) is 15.6 Å². The largest absolute Gasteiger partial charge is 0.489 e. The average molecular weight is 361 g/mol. The fourth-order valence-electron chi connectivity index (χ4n) is 2.51. The Hall–Kier alpha value is -3.34. The minimum absolute atomic E-state index is 0.0776. The Balaban J connectivity index is 1.68. The number of amides is 1. The number of para-hydroxylation sites is 2. The van der Waals surface area contributed by atoms with Crippen molar-refractivity contribution in [2.75, 3.05) is 10.6 Å². The molecule has 0 radical (unpaired) electrons. The molecule has 0 bridgehead atoms. The normalized spacial score (nSPS) is 10.5. The van der Waals surface area contributed by atoms with Crippen LogP contribution in [0.4, 0.5) is 17.2 Å². The number of aromatic nitrogens is 1. The molecule has 3 aromatic rings. The van der Waals surface area contributed by atoms with Crippen LogP contribution >= 0.6 is 0 Å². The summed E-state index contributed by atoms with van der Waals surface area (Å²) in [5, 5.41) is 6.10. The Kier molecular flexibility index (Phi) is 5.71. The zero-order valence-corrected chi connectivity index (χ0v) is 15.7. The van der Waals surface area contributed by atoms with Crippen LogP contribution in [0.2, 0.25) is 0 Å². The molecule has 0 aliphatic rings. The number of carbonyl (C=O) groups is 1. The quantitative estimate of drug-likeness (QED) is 0.635. The van der Waals surface area contributed by atoms with Crippen LogP contribution in [0.15, 0.2) is 66.9 Å². The second-order valence-corrected chi connectivity index (χ2v) is 6.54. The molecule has 0 atom stereocenters. The van der Waals surface area contributed by atoms with E-state index in [1.54, 1.807) is 18.3 Å². The number of nitrogens with zero attached hydrogens (tertiary/aromatic N) is 1. The fraction of sp³-hybridized carbons (Fsp3) is 0.182. The third-order valence-corrected chi connectivity index (χ3v) is 3.85. The number of pyridine rings is 1. The summed E-state index contributed by atoms with van der Waals surface area (Å²) < 4.78 is 5.80. The van der Waals surface area contributed by atoms with Gasteiger partial charge in [0.1, 0.15) is 11.6 Å². The lowest BCUT2D eigenvalue weighted by molar-refractivity contribution is 0.102. The molecule has 0 fully saturated rings. The van der Waals surface area contributed by atoms with Crippen LogP contribution in [0, 0.1) is 6.92 Å². The molecule has 0 aliphatic heterocycles. The van der Waals surface area contributed by atoms with Gasteiger partial charge in [-0.2, -0.15) is 0 Å². The SMILES string of the molecule is Cc1ccc(NC(=O)c2ccc(Nc3ccccc3OC(C)C)nc2)cc1. The van der Waals surface area contributed by atoms with Crippen LogP contribution in [0.5, 0.6) is 5.75 Å².